The lowest BCUT2D eigenvalue weighted by atomic mass is 9.90. The van der Waals surface area contributed by atoms with Crippen LogP contribution in [0.5, 0.6) is 0 Å². The van der Waals surface area contributed by atoms with Gasteiger partial charge in [0, 0.05) is 0 Å². The molecule has 0 nitrogen and oxygen atoms in total. The molecule has 0 fully saturated rings. The zero-order valence-electron chi connectivity index (χ0n) is 9.86. The van der Waals surface area contributed by atoms with E-state index in [0.29, 0.717) is 5.92 Å². The standard InChI is InChI=1S/C16H20/c1-2-6-13(7-3-1)10-16-12-14-8-4-5-9-15(16)11-14/h4-6,8-9,12,14-15H,1-3,7,10-11H2. The van der Waals surface area contributed by atoms with Crippen LogP contribution >= 0.6 is 0 Å². The summed E-state index contributed by atoms with van der Waals surface area (Å²) in [6.07, 6.45) is 22.2. The van der Waals surface area contributed by atoms with Gasteiger partial charge in [0.05, 0.1) is 0 Å². The fraction of sp³-hybridized carbons (Fsp3) is 0.500. The second-order valence-electron chi connectivity index (χ2n) is 5.30. The van der Waals surface area contributed by atoms with Crippen LogP contribution < -0.4 is 0 Å². The van der Waals surface area contributed by atoms with E-state index in [1.807, 2.05) is 0 Å². The number of fused-ring (bicyclic) bond motifs is 2. The van der Waals surface area contributed by atoms with E-state index in [-0.39, 0.29) is 0 Å². The molecule has 0 aromatic heterocycles. The van der Waals surface area contributed by atoms with Gasteiger partial charge in [-0.3, -0.25) is 0 Å². The summed E-state index contributed by atoms with van der Waals surface area (Å²) in [4.78, 5) is 0. The molecule has 3 aliphatic carbocycles. The van der Waals surface area contributed by atoms with Crippen molar-refractivity contribution in [3.05, 3.63) is 47.6 Å². The predicted molar refractivity (Wildman–Crippen MR) is 69.1 cm³/mol. The monoisotopic (exact) mass is 212 g/mol. The third kappa shape index (κ3) is 2.07. The summed E-state index contributed by atoms with van der Waals surface area (Å²) < 4.78 is 0. The molecule has 0 N–H and O–H groups in total. The van der Waals surface area contributed by atoms with Crippen LogP contribution in [0.25, 0.3) is 0 Å². The molecule has 0 spiro atoms. The summed E-state index contributed by atoms with van der Waals surface area (Å²) in [5.74, 6) is 1.43. The number of hydrogen-bond donors (Lipinski definition) is 0. The second-order valence-corrected chi connectivity index (χ2v) is 5.30. The molecule has 0 amide bonds. The molecule has 2 atom stereocenters. The number of hydrogen-bond acceptors (Lipinski definition) is 0. The summed E-state index contributed by atoms with van der Waals surface area (Å²) >= 11 is 0. The minimum Gasteiger partial charge on any atom is -0.0850 e. The van der Waals surface area contributed by atoms with Crippen molar-refractivity contribution >= 4 is 0 Å². The Morgan fingerprint density at radius 3 is 2.94 bits per heavy atom. The molecule has 0 aliphatic heterocycles. The summed E-state index contributed by atoms with van der Waals surface area (Å²) in [6, 6.07) is 0. The first-order chi connectivity index (χ1) is 7.92. The van der Waals surface area contributed by atoms with E-state index >= 15 is 0 Å². The Kier molecular flexibility index (Phi) is 2.82. The maximum atomic E-state index is 2.51. The van der Waals surface area contributed by atoms with Crippen molar-refractivity contribution in [2.45, 2.75) is 38.5 Å². The van der Waals surface area contributed by atoms with Gasteiger partial charge < -0.3 is 0 Å². The highest BCUT2D eigenvalue weighted by atomic mass is 14.3. The largest absolute Gasteiger partial charge is 0.0850 e. The van der Waals surface area contributed by atoms with Crippen LogP contribution in [0.1, 0.15) is 38.5 Å². The van der Waals surface area contributed by atoms with Gasteiger partial charge in [-0.15, -0.1) is 0 Å². The van der Waals surface area contributed by atoms with Gasteiger partial charge in [0.25, 0.3) is 0 Å². The van der Waals surface area contributed by atoms with Gasteiger partial charge in [0.2, 0.25) is 0 Å². The molecule has 0 radical (unpaired) electrons. The Balaban J connectivity index is 1.73. The van der Waals surface area contributed by atoms with Gasteiger partial charge in [-0.05, 0) is 50.4 Å². The van der Waals surface area contributed by atoms with Crippen LogP contribution in [-0.2, 0) is 0 Å². The Hall–Kier alpha value is -1.04. The van der Waals surface area contributed by atoms with Crippen molar-refractivity contribution in [3.63, 3.8) is 0 Å². The Morgan fingerprint density at radius 1 is 1.12 bits per heavy atom. The molecule has 2 unspecified atom stereocenters. The quantitative estimate of drug-likeness (QED) is 0.588. The summed E-state index contributed by atoms with van der Waals surface area (Å²) in [7, 11) is 0. The van der Waals surface area contributed by atoms with E-state index in [4.69, 9.17) is 0 Å². The molecule has 0 saturated carbocycles. The van der Waals surface area contributed by atoms with Crippen molar-refractivity contribution in [2.75, 3.05) is 0 Å². The average molecular weight is 212 g/mol. The van der Waals surface area contributed by atoms with Gasteiger partial charge >= 0.3 is 0 Å². The van der Waals surface area contributed by atoms with E-state index in [9.17, 15) is 0 Å². The van der Waals surface area contributed by atoms with Crippen LogP contribution in [0.2, 0.25) is 0 Å². The Labute approximate surface area is 98.4 Å². The summed E-state index contributed by atoms with van der Waals surface area (Å²) in [5, 5.41) is 0. The highest BCUT2D eigenvalue weighted by Gasteiger charge is 2.24. The van der Waals surface area contributed by atoms with E-state index in [1.54, 1.807) is 11.1 Å². The van der Waals surface area contributed by atoms with Gasteiger partial charge in [-0.2, -0.15) is 0 Å². The van der Waals surface area contributed by atoms with Crippen LogP contribution in [0.4, 0.5) is 0 Å². The van der Waals surface area contributed by atoms with Crippen LogP contribution in [0, 0.1) is 11.8 Å². The first kappa shape index (κ1) is 10.1. The average Bonchev–Trinajstić information content (AvgIpc) is 2.53. The predicted octanol–water partition coefficient (Wildman–Crippen LogP) is 4.57. The third-order valence-electron chi connectivity index (χ3n) is 4.06. The first-order valence-corrected chi connectivity index (χ1v) is 6.65. The number of allylic oxidation sites excluding steroid dienone is 8. The fourth-order valence-electron chi connectivity index (χ4n) is 3.17. The fourth-order valence-corrected chi connectivity index (χ4v) is 3.17. The third-order valence-corrected chi connectivity index (χ3v) is 4.06. The zero-order chi connectivity index (χ0) is 10.8. The van der Waals surface area contributed by atoms with Crippen LogP contribution in [0.15, 0.2) is 47.6 Å². The SMILES string of the molecule is C1=CC2C=C(CC3=CCCCC3)C(C=C1)C2. The van der Waals surface area contributed by atoms with E-state index in [2.05, 4.69) is 36.5 Å². The zero-order valence-corrected chi connectivity index (χ0v) is 9.86. The van der Waals surface area contributed by atoms with Crippen molar-refractivity contribution in [1.29, 1.82) is 0 Å². The molecular formula is C16H20. The molecule has 0 heteroatoms. The maximum absolute atomic E-state index is 2.51. The van der Waals surface area contributed by atoms with E-state index in [0.717, 1.165) is 5.92 Å². The maximum Gasteiger partial charge on any atom is -0.000816 e. The molecule has 0 aromatic carbocycles. The molecule has 3 rings (SSSR count). The lowest BCUT2D eigenvalue weighted by molar-refractivity contribution is 0.642. The van der Waals surface area contributed by atoms with Crippen LogP contribution in [0.3, 0.4) is 0 Å². The van der Waals surface area contributed by atoms with Crippen molar-refractivity contribution in [1.82, 2.24) is 0 Å². The highest BCUT2D eigenvalue weighted by Crippen LogP contribution is 2.38. The van der Waals surface area contributed by atoms with Crippen molar-refractivity contribution < 1.29 is 0 Å². The molecule has 2 bridgehead atoms. The minimum absolute atomic E-state index is 0.708. The Bertz CT molecular complexity index is 379. The first-order valence-electron chi connectivity index (χ1n) is 6.65. The minimum atomic E-state index is 0.708. The molecule has 84 valence electrons. The second kappa shape index (κ2) is 4.45. The van der Waals surface area contributed by atoms with Gasteiger partial charge in [0.1, 0.15) is 0 Å². The normalized spacial score (nSPS) is 32.2. The van der Waals surface area contributed by atoms with E-state index < -0.39 is 0 Å². The van der Waals surface area contributed by atoms with E-state index in [1.165, 1.54) is 38.5 Å². The summed E-state index contributed by atoms with van der Waals surface area (Å²) in [6.45, 7) is 0. The molecular weight excluding hydrogens is 192 g/mol. The smallest absolute Gasteiger partial charge is 0.000816 e. The topological polar surface area (TPSA) is 0 Å². The molecule has 0 saturated heterocycles. The molecule has 3 aliphatic rings. The van der Waals surface area contributed by atoms with Crippen molar-refractivity contribution in [3.8, 4) is 0 Å². The molecule has 16 heavy (non-hydrogen) atoms. The lowest BCUT2D eigenvalue weighted by Gasteiger charge is -2.16. The molecule has 0 aromatic rings. The van der Waals surface area contributed by atoms with Crippen molar-refractivity contribution in [2.24, 2.45) is 11.8 Å². The van der Waals surface area contributed by atoms with Crippen LogP contribution in [-0.4, -0.2) is 0 Å². The summed E-state index contributed by atoms with van der Waals surface area (Å²) in [5.41, 5.74) is 3.37. The highest BCUT2D eigenvalue weighted by molar-refractivity contribution is 5.32. The van der Waals surface area contributed by atoms with Gasteiger partial charge in [-0.25, -0.2) is 0 Å². The van der Waals surface area contributed by atoms with Gasteiger partial charge in [-0.1, -0.05) is 47.6 Å². The lowest BCUT2D eigenvalue weighted by Crippen LogP contribution is -1.99. The van der Waals surface area contributed by atoms with Gasteiger partial charge in [0.15, 0.2) is 0 Å². The molecule has 0 heterocycles. The Morgan fingerprint density at radius 2 is 2.06 bits per heavy atom. The number of rotatable bonds is 2.